The maximum atomic E-state index is 6.01. The first-order chi connectivity index (χ1) is 10.3. The molecule has 3 heteroatoms. The molecule has 0 aliphatic carbocycles. The molecule has 4 rings (SSSR count). The summed E-state index contributed by atoms with van der Waals surface area (Å²) < 4.78 is 7.06. The lowest BCUT2D eigenvalue weighted by molar-refractivity contribution is 0.477. The van der Waals surface area contributed by atoms with E-state index in [1.165, 1.54) is 0 Å². The summed E-state index contributed by atoms with van der Waals surface area (Å²) >= 11 is 3.65. The van der Waals surface area contributed by atoms with E-state index in [9.17, 15) is 0 Å². The van der Waals surface area contributed by atoms with Crippen LogP contribution in [0.25, 0.3) is 0 Å². The van der Waals surface area contributed by atoms with E-state index in [2.05, 4.69) is 45.1 Å². The van der Waals surface area contributed by atoms with Gasteiger partial charge in [-0.2, -0.15) is 0 Å². The highest BCUT2D eigenvalue weighted by molar-refractivity contribution is 9.10. The first-order valence-corrected chi connectivity index (χ1v) is 7.54. The predicted molar refractivity (Wildman–Crippen MR) is 88.9 cm³/mol. The van der Waals surface area contributed by atoms with Crippen LogP contribution in [0.15, 0.2) is 77.3 Å². The van der Waals surface area contributed by atoms with Crippen molar-refractivity contribution in [2.75, 3.05) is 4.90 Å². The molecule has 102 valence electrons. The largest absolute Gasteiger partial charge is 0.453 e. The summed E-state index contributed by atoms with van der Waals surface area (Å²) in [5.41, 5.74) is 3.19. The zero-order valence-corrected chi connectivity index (χ0v) is 12.7. The van der Waals surface area contributed by atoms with Crippen molar-refractivity contribution in [3.8, 4) is 11.5 Å². The third-order valence-corrected chi connectivity index (χ3v) is 4.20. The van der Waals surface area contributed by atoms with E-state index in [4.69, 9.17) is 4.74 Å². The maximum Gasteiger partial charge on any atom is 0.151 e. The van der Waals surface area contributed by atoms with Gasteiger partial charge in [-0.25, -0.2) is 0 Å². The van der Waals surface area contributed by atoms with Crippen LogP contribution >= 0.6 is 15.9 Å². The molecule has 0 aromatic heterocycles. The van der Waals surface area contributed by atoms with Gasteiger partial charge in [0.15, 0.2) is 11.5 Å². The van der Waals surface area contributed by atoms with Gasteiger partial charge in [-0.1, -0.05) is 36.4 Å². The second-order valence-electron chi connectivity index (χ2n) is 4.82. The minimum atomic E-state index is 0.868. The normalized spacial score (nSPS) is 12.3. The molecule has 0 radical (unpaired) electrons. The third-order valence-electron chi connectivity index (χ3n) is 3.53. The summed E-state index contributed by atoms with van der Waals surface area (Å²) in [5, 5.41) is 0. The van der Waals surface area contributed by atoms with Crippen molar-refractivity contribution in [1.82, 2.24) is 0 Å². The van der Waals surface area contributed by atoms with Crippen LogP contribution in [0.4, 0.5) is 17.1 Å². The van der Waals surface area contributed by atoms with Gasteiger partial charge >= 0.3 is 0 Å². The fourth-order valence-corrected chi connectivity index (χ4v) is 3.06. The van der Waals surface area contributed by atoms with Crippen molar-refractivity contribution in [3.05, 3.63) is 77.3 Å². The molecule has 0 unspecified atom stereocenters. The number of ether oxygens (including phenoxy) is 1. The van der Waals surface area contributed by atoms with Crippen LogP contribution in [0.3, 0.4) is 0 Å². The zero-order valence-electron chi connectivity index (χ0n) is 11.2. The van der Waals surface area contributed by atoms with Crippen LogP contribution in [-0.4, -0.2) is 0 Å². The molecule has 0 amide bonds. The topological polar surface area (TPSA) is 12.5 Å². The minimum absolute atomic E-state index is 0.868. The molecule has 0 saturated heterocycles. The molecule has 0 fully saturated rings. The van der Waals surface area contributed by atoms with E-state index in [0.29, 0.717) is 0 Å². The van der Waals surface area contributed by atoms with E-state index in [1.54, 1.807) is 0 Å². The summed E-state index contributed by atoms with van der Waals surface area (Å²) in [6, 6.07) is 24.4. The summed E-state index contributed by atoms with van der Waals surface area (Å²) in [6.07, 6.45) is 0. The van der Waals surface area contributed by atoms with Crippen molar-refractivity contribution in [3.63, 3.8) is 0 Å². The number of hydrogen-bond donors (Lipinski definition) is 0. The Hall–Kier alpha value is -2.26. The van der Waals surface area contributed by atoms with Gasteiger partial charge in [0, 0.05) is 4.47 Å². The van der Waals surface area contributed by atoms with Gasteiger partial charge < -0.3 is 9.64 Å². The molecule has 21 heavy (non-hydrogen) atoms. The predicted octanol–water partition coefficient (Wildman–Crippen LogP) is 6.02. The molecule has 1 aliphatic rings. The maximum absolute atomic E-state index is 6.01. The molecule has 0 bridgehead atoms. The highest BCUT2D eigenvalue weighted by Gasteiger charge is 2.25. The Labute approximate surface area is 131 Å². The molecular formula is C18H12BrNO. The fraction of sp³-hybridized carbons (Fsp3) is 0. The Morgan fingerprint density at radius 3 is 1.67 bits per heavy atom. The first-order valence-electron chi connectivity index (χ1n) is 6.75. The first kappa shape index (κ1) is 12.5. The van der Waals surface area contributed by atoms with Crippen LogP contribution in [0.5, 0.6) is 11.5 Å². The molecule has 1 heterocycles. The second-order valence-corrected chi connectivity index (χ2v) is 5.68. The summed E-state index contributed by atoms with van der Waals surface area (Å²) in [5.74, 6) is 1.74. The highest BCUT2D eigenvalue weighted by Crippen LogP contribution is 2.51. The van der Waals surface area contributed by atoms with Crippen LogP contribution in [0, 0.1) is 0 Å². The second kappa shape index (κ2) is 4.93. The molecule has 3 aromatic rings. The number of hydrogen-bond acceptors (Lipinski definition) is 2. The molecule has 0 atom stereocenters. The van der Waals surface area contributed by atoms with Gasteiger partial charge in [-0.3, -0.25) is 0 Å². The Balaban J connectivity index is 2.00. The number of nitrogens with zero attached hydrogens (tertiary/aromatic N) is 1. The van der Waals surface area contributed by atoms with E-state index in [-0.39, 0.29) is 0 Å². The lowest BCUT2D eigenvalue weighted by Gasteiger charge is -2.33. The van der Waals surface area contributed by atoms with E-state index < -0.39 is 0 Å². The lowest BCUT2D eigenvalue weighted by atomic mass is 10.1. The van der Waals surface area contributed by atoms with Crippen molar-refractivity contribution >= 4 is 33.0 Å². The van der Waals surface area contributed by atoms with Gasteiger partial charge in [-0.05, 0) is 52.3 Å². The van der Waals surface area contributed by atoms with Gasteiger partial charge in [0.1, 0.15) is 0 Å². The lowest BCUT2D eigenvalue weighted by Crippen LogP contribution is -2.15. The average molecular weight is 338 g/mol. The molecule has 3 aromatic carbocycles. The summed E-state index contributed by atoms with van der Waals surface area (Å²) in [6.45, 7) is 0. The van der Waals surface area contributed by atoms with Crippen molar-refractivity contribution in [2.45, 2.75) is 0 Å². The van der Waals surface area contributed by atoms with Gasteiger partial charge in [0.05, 0.1) is 17.1 Å². The van der Waals surface area contributed by atoms with Crippen LogP contribution in [0.2, 0.25) is 0 Å². The van der Waals surface area contributed by atoms with Gasteiger partial charge in [0.2, 0.25) is 0 Å². The molecule has 0 N–H and O–H groups in total. The molecule has 0 spiro atoms. The minimum Gasteiger partial charge on any atom is -0.453 e. The average Bonchev–Trinajstić information content (AvgIpc) is 2.53. The van der Waals surface area contributed by atoms with Gasteiger partial charge in [0.25, 0.3) is 0 Å². The smallest absolute Gasteiger partial charge is 0.151 e. The SMILES string of the molecule is Brc1ccccc1N1c2ccccc2Oc2ccccc21. The Morgan fingerprint density at radius 2 is 1.10 bits per heavy atom. The standard InChI is InChI=1S/C18H12BrNO/c19-13-7-1-2-8-14(13)20-15-9-3-5-11-17(15)21-18-12-6-4-10-16(18)20/h1-12H. The van der Waals surface area contributed by atoms with E-state index >= 15 is 0 Å². The quantitative estimate of drug-likeness (QED) is 0.420. The monoisotopic (exact) mass is 337 g/mol. The number of para-hydroxylation sites is 5. The Bertz CT molecular complexity index is 755. The molecular weight excluding hydrogens is 326 g/mol. The third kappa shape index (κ3) is 2.01. The Kier molecular flexibility index (Phi) is 2.93. The number of rotatable bonds is 1. The van der Waals surface area contributed by atoms with Crippen LogP contribution < -0.4 is 9.64 Å². The summed E-state index contributed by atoms with van der Waals surface area (Å²) in [7, 11) is 0. The number of benzene rings is 3. The van der Waals surface area contributed by atoms with E-state index in [1.807, 2.05) is 48.5 Å². The highest BCUT2D eigenvalue weighted by atomic mass is 79.9. The number of fused-ring (bicyclic) bond motifs is 2. The van der Waals surface area contributed by atoms with Crippen molar-refractivity contribution < 1.29 is 4.74 Å². The summed E-state index contributed by atoms with van der Waals surface area (Å²) in [4.78, 5) is 2.22. The fourth-order valence-electron chi connectivity index (χ4n) is 2.60. The van der Waals surface area contributed by atoms with Gasteiger partial charge in [-0.15, -0.1) is 0 Å². The van der Waals surface area contributed by atoms with Crippen molar-refractivity contribution in [1.29, 1.82) is 0 Å². The van der Waals surface area contributed by atoms with Crippen LogP contribution in [-0.2, 0) is 0 Å². The van der Waals surface area contributed by atoms with Crippen LogP contribution in [0.1, 0.15) is 0 Å². The number of halogens is 1. The Morgan fingerprint density at radius 1 is 0.619 bits per heavy atom. The zero-order chi connectivity index (χ0) is 14.2. The van der Waals surface area contributed by atoms with E-state index in [0.717, 1.165) is 33.0 Å². The molecule has 2 nitrogen and oxygen atoms in total. The molecule has 1 aliphatic heterocycles. The number of anilines is 3. The van der Waals surface area contributed by atoms with Crippen molar-refractivity contribution in [2.24, 2.45) is 0 Å². The molecule has 0 saturated carbocycles.